The van der Waals surface area contributed by atoms with E-state index in [1.807, 2.05) is 0 Å². The van der Waals surface area contributed by atoms with Crippen molar-refractivity contribution in [1.29, 1.82) is 0 Å². The Morgan fingerprint density at radius 2 is 1.36 bits per heavy atom. The van der Waals surface area contributed by atoms with Crippen molar-refractivity contribution in [1.82, 2.24) is 0 Å². The van der Waals surface area contributed by atoms with Gasteiger partial charge in [0.2, 0.25) is 0 Å². The molecule has 0 saturated carbocycles. The molecule has 5 heteroatoms. The van der Waals surface area contributed by atoms with Gasteiger partial charge in [-0.3, -0.25) is 0 Å². The summed E-state index contributed by atoms with van der Waals surface area (Å²) >= 11 is 14.4. The Hall–Kier alpha value is 0.790. The molecule has 1 saturated heterocycles. The molecule has 0 spiro atoms. The third-order valence-electron chi connectivity index (χ3n) is 0.827. The monoisotopic (exact) mass is 222 g/mol. The highest BCUT2D eigenvalue weighted by Gasteiger charge is 1.94. The van der Waals surface area contributed by atoms with Gasteiger partial charge in [-0.05, 0) is 12.8 Å². The lowest BCUT2D eigenvalue weighted by Gasteiger charge is -1.76. The molecular formula is C6H13Cl3O2. The van der Waals surface area contributed by atoms with Crippen LogP contribution in [0.1, 0.15) is 12.8 Å². The number of halogens is 3. The summed E-state index contributed by atoms with van der Waals surface area (Å²) in [6, 6.07) is 0. The minimum Gasteiger partial charge on any atom is -0.400 e. The zero-order chi connectivity index (χ0) is 9.11. The van der Waals surface area contributed by atoms with Crippen molar-refractivity contribution in [3.05, 3.63) is 0 Å². The van der Waals surface area contributed by atoms with Crippen LogP contribution in [0.5, 0.6) is 0 Å². The van der Waals surface area contributed by atoms with Crippen molar-refractivity contribution >= 4 is 34.8 Å². The Morgan fingerprint density at radius 3 is 1.45 bits per heavy atom. The molecule has 1 heterocycles. The lowest BCUT2D eigenvalue weighted by molar-refractivity contribution is 0.198. The van der Waals surface area contributed by atoms with Gasteiger partial charge >= 0.3 is 0 Å². The van der Waals surface area contributed by atoms with Crippen molar-refractivity contribution in [2.24, 2.45) is 0 Å². The van der Waals surface area contributed by atoms with E-state index in [2.05, 4.69) is 0 Å². The standard InChI is InChI=1S/C4H8O.CHCl3.CH4O/c1-2-4-5-3-1;2-1(3)4;1-2/h1-4H2;1H;2H,1H3. The third kappa shape index (κ3) is 24.9. The van der Waals surface area contributed by atoms with Crippen LogP contribution in [0.25, 0.3) is 0 Å². The number of hydrogen-bond donors (Lipinski definition) is 1. The third-order valence-corrected chi connectivity index (χ3v) is 0.827. The fraction of sp³-hybridized carbons (Fsp3) is 1.00. The number of alkyl halides is 3. The van der Waals surface area contributed by atoms with Crippen molar-refractivity contribution in [3.8, 4) is 0 Å². The van der Waals surface area contributed by atoms with E-state index in [9.17, 15) is 0 Å². The maximum atomic E-state index is 7.00. The number of aliphatic hydroxyl groups excluding tert-OH is 1. The average molecular weight is 224 g/mol. The molecule has 2 nitrogen and oxygen atoms in total. The summed E-state index contributed by atoms with van der Waals surface area (Å²) in [6.45, 7) is 2.00. The van der Waals surface area contributed by atoms with Crippen LogP contribution in [-0.2, 0) is 4.74 Å². The minimum atomic E-state index is -0.750. The van der Waals surface area contributed by atoms with Crippen molar-refractivity contribution < 1.29 is 9.84 Å². The van der Waals surface area contributed by atoms with Crippen LogP contribution >= 0.6 is 34.8 Å². The number of ether oxygens (including phenoxy) is 1. The summed E-state index contributed by atoms with van der Waals surface area (Å²) in [5, 5.41) is 7.00. The van der Waals surface area contributed by atoms with Crippen molar-refractivity contribution in [2.75, 3.05) is 20.3 Å². The summed E-state index contributed by atoms with van der Waals surface area (Å²) in [6.07, 6.45) is 2.56. The van der Waals surface area contributed by atoms with Gasteiger partial charge in [0.05, 0.1) is 0 Å². The van der Waals surface area contributed by atoms with E-state index in [0.29, 0.717) is 0 Å². The van der Waals surface area contributed by atoms with Crippen LogP contribution in [0.2, 0.25) is 0 Å². The molecule has 1 aliphatic heterocycles. The van der Waals surface area contributed by atoms with E-state index in [-0.39, 0.29) is 0 Å². The molecule has 0 aromatic carbocycles. The summed E-state index contributed by atoms with van der Waals surface area (Å²) in [7, 11) is 1.00. The van der Waals surface area contributed by atoms with Gasteiger partial charge in [-0.15, -0.1) is 0 Å². The first-order chi connectivity index (χ1) is 5.23. The van der Waals surface area contributed by atoms with Gasteiger partial charge in [-0.25, -0.2) is 0 Å². The molecule has 1 rings (SSSR count). The van der Waals surface area contributed by atoms with E-state index in [4.69, 9.17) is 44.6 Å². The summed E-state index contributed by atoms with van der Waals surface area (Å²) in [4.78, 5) is 0. The first kappa shape index (κ1) is 14.3. The Kier molecular flexibility index (Phi) is 17.4. The second-order valence-corrected chi connectivity index (χ2v) is 3.55. The van der Waals surface area contributed by atoms with E-state index >= 15 is 0 Å². The van der Waals surface area contributed by atoms with Crippen LogP contribution in [0, 0.1) is 0 Å². The first-order valence-corrected chi connectivity index (χ1v) is 4.49. The van der Waals surface area contributed by atoms with E-state index in [0.717, 1.165) is 20.3 Å². The van der Waals surface area contributed by atoms with Crippen LogP contribution in [0.3, 0.4) is 0 Å². The van der Waals surface area contributed by atoms with Gasteiger partial charge in [-0.2, -0.15) is 0 Å². The fourth-order valence-corrected chi connectivity index (χ4v) is 0.510. The highest BCUT2D eigenvalue weighted by Crippen LogP contribution is 2.03. The van der Waals surface area contributed by atoms with Gasteiger partial charge in [0.1, 0.15) is 0 Å². The number of rotatable bonds is 0. The van der Waals surface area contributed by atoms with Crippen LogP contribution in [-0.4, -0.2) is 29.7 Å². The second-order valence-electron chi connectivity index (χ2n) is 1.57. The molecule has 1 aliphatic rings. The zero-order valence-electron chi connectivity index (χ0n) is 6.40. The van der Waals surface area contributed by atoms with E-state index < -0.39 is 4.30 Å². The molecule has 1 fully saturated rings. The van der Waals surface area contributed by atoms with Gasteiger partial charge in [0.15, 0.2) is 4.30 Å². The molecule has 0 amide bonds. The lowest BCUT2D eigenvalue weighted by Crippen LogP contribution is -1.74. The van der Waals surface area contributed by atoms with E-state index in [1.165, 1.54) is 12.8 Å². The highest BCUT2D eigenvalue weighted by atomic mass is 35.6. The average Bonchev–Trinajstić information content (AvgIpc) is 2.44. The largest absolute Gasteiger partial charge is 0.400 e. The normalized spacial score (nSPS) is 14.7. The highest BCUT2D eigenvalue weighted by molar-refractivity contribution is 6.63. The van der Waals surface area contributed by atoms with Crippen molar-refractivity contribution in [3.63, 3.8) is 0 Å². The molecule has 70 valence electrons. The predicted molar refractivity (Wildman–Crippen MR) is 49.5 cm³/mol. The maximum Gasteiger partial charge on any atom is 0.180 e. The fourth-order valence-electron chi connectivity index (χ4n) is 0.510. The molecule has 0 aromatic heterocycles. The zero-order valence-corrected chi connectivity index (χ0v) is 8.66. The first-order valence-electron chi connectivity index (χ1n) is 3.18. The van der Waals surface area contributed by atoms with E-state index in [1.54, 1.807) is 0 Å². The van der Waals surface area contributed by atoms with Gasteiger partial charge in [0, 0.05) is 20.3 Å². The molecule has 0 aliphatic carbocycles. The summed E-state index contributed by atoms with van der Waals surface area (Å²) in [5.74, 6) is 0. The minimum absolute atomic E-state index is 0.750. The molecule has 0 atom stereocenters. The molecule has 0 bridgehead atoms. The molecule has 0 aromatic rings. The molecule has 0 radical (unpaired) electrons. The Balaban J connectivity index is 0. The summed E-state index contributed by atoms with van der Waals surface area (Å²) in [5.41, 5.74) is 0. The quantitative estimate of drug-likeness (QED) is 0.639. The SMILES string of the molecule is C1CCOC1.CO.ClC(Cl)Cl. The number of hydrogen-bond acceptors (Lipinski definition) is 2. The van der Waals surface area contributed by atoms with Gasteiger partial charge < -0.3 is 9.84 Å². The lowest BCUT2D eigenvalue weighted by atomic mass is 10.4. The van der Waals surface area contributed by atoms with Gasteiger partial charge in [-0.1, -0.05) is 34.8 Å². The molecule has 11 heavy (non-hydrogen) atoms. The number of aliphatic hydroxyl groups is 1. The van der Waals surface area contributed by atoms with Crippen LogP contribution in [0.4, 0.5) is 0 Å². The van der Waals surface area contributed by atoms with Crippen LogP contribution in [0.15, 0.2) is 0 Å². The van der Waals surface area contributed by atoms with Crippen LogP contribution < -0.4 is 0 Å². The topological polar surface area (TPSA) is 29.5 Å². The smallest absolute Gasteiger partial charge is 0.180 e. The summed E-state index contributed by atoms with van der Waals surface area (Å²) < 4.78 is 4.19. The Labute approximate surface area is 82.4 Å². The second kappa shape index (κ2) is 13.4. The Bertz CT molecular complexity index is 47.4. The molecular weight excluding hydrogens is 210 g/mol. The van der Waals surface area contributed by atoms with Crippen molar-refractivity contribution in [2.45, 2.75) is 17.1 Å². The maximum absolute atomic E-state index is 7.00. The predicted octanol–water partition coefficient (Wildman–Crippen LogP) is 2.39. The molecule has 0 unspecified atom stereocenters. The molecule has 1 N–H and O–H groups in total. The van der Waals surface area contributed by atoms with Gasteiger partial charge in [0.25, 0.3) is 0 Å². The Morgan fingerprint density at radius 1 is 1.09 bits per heavy atom.